The summed E-state index contributed by atoms with van der Waals surface area (Å²) in [6, 6.07) is 6.16. The van der Waals surface area contributed by atoms with Gasteiger partial charge in [0.2, 0.25) is 5.91 Å². The van der Waals surface area contributed by atoms with Gasteiger partial charge in [-0.2, -0.15) is 0 Å². The molecule has 1 aliphatic rings. The van der Waals surface area contributed by atoms with Crippen molar-refractivity contribution in [3.8, 4) is 22.6 Å². The first-order valence-electron chi connectivity index (χ1n) is 11.4. The number of hydrogen-bond donors (Lipinski definition) is 1. The number of benzene rings is 1. The highest BCUT2D eigenvalue weighted by molar-refractivity contribution is 6.06. The van der Waals surface area contributed by atoms with E-state index in [9.17, 15) is 4.79 Å². The Kier molecular flexibility index (Phi) is 5.16. The van der Waals surface area contributed by atoms with Crippen LogP contribution in [0.1, 0.15) is 39.1 Å². The van der Waals surface area contributed by atoms with Gasteiger partial charge in [0, 0.05) is 41.8 Å². The number of carbonyl (C=O) groups excluding carboxylic acids is 1. The average molecular weight is 457 g/mol. The first-order valence-corrected chi connectivity index (χ1v) is 11.4. The molecule has 0 radical (unpaired) electrons. The lowest BCUT2D eigenvalue weighted by Gasteiger charge is -2.36. The van der Waals surface area contributed by atoms with Crippen LogP contribution < -0.4 is 5.32 Å². The van der Waals surface area contributed by atoms with Gasteiger partial charge < -0.3 is 9.88 Å². The van der Waals surface area contributed by atoms with Crippen molar-refractivity contribution in [2.24, 2.45) is 0 Å². The van der Waals surface area contributed by atoms with Crippen molar-refractivity contribution in [2.45, 2.75) is 52.7 Å². The Labute approximate surface area is 198 Å². The zero-order valence-electron chi connectivity index (χ0n) is 20.3. The van der Waals surface area contributed by atoms with Gasteiger partial charge in [-0.3, -0.25) is 9.69 Å². The second-order valence-corrected chi connectivity index (χ2v) is 9.08. The van der Waals surface area contributed by atoms with Gasteiger partial charge in [-0.25, -0.2) is 24.9 Å². The number of carbonyl (C=O) groups is 1. The molecule has 4 aromatic rings. The second-order valence-electron chi connectivity index (χ2n) is 9.08. The number of nitrogens with zero attached hydrogens (tertiary/aromatic N) is 7. The largest absolute Gasteiger partial charge is 0.324 e. The predicted octanol–water partition coefficient (Wildman–Crippen LogP) is 3.79. The molecule has 1 N–H and O–H groups in total. The van der Waals surface area contributed by atoms with Crippen LogP contribution in [-0.2, 0) is 16.9 Å². The lowest BCUT2D eigenvalue weighted by atomic mass is 9.89. The average Bonchev–Trinajstić information content (AvgIpc) is 3.33. The van der Waals surface area contributed by atoms with Crippen LogP contribution in [-0.4, -0.2) is 53.4 Å². The van der Waals surface area contributed by atoms with Crippen LogP contribution in [0, 0.1) is 6.92 Å². The van der Waals surface area contributed by atoms with Crippen molar-refractivity contribution >= 4 is 22.8 Å². The van der Waals surface area contributed by atoms with Crippen LogP contribution in [0.5, 0.6) is 0 Å². The van der Waals surface area contributed by atoms with E-state index in [-0.39, 0.29) is 11.9 Å². The molecule has 4 heterocycles. The van der Waals surface area contributed by atoms with Gasteiger partial charge in [-0.1, -0.05) is 6.07 Å². The molecule has 0 fully saturated rings. The lowest BCUT2D eigenvalue weighted by molar-refractivity contribution is -0.127. The fourth-order valence-corrected chi connectivity index (χ4v) is 4.61. The molecule has 3 aromatic heterocycles. The van der Waals surface area contributed by atoms with E-state index in [1.165, 1.54) is 0 Å². The van der Waals surface area contributed by atoms with Crippen LogP contribution in [0.4, 0.5) is 5.69 Å². The highest BCUT2D eigenvalue weighted by Crippen LogP contribution is 2.42. The van der Waals surface area contributed by atoms with E-state index in [0.717, 1.165) is 39.5 Å². The minimum absolute atomic E-state index is 0.0272. The molecule has 1 amide bonds. The van der Waals surface area contributed by atoms with E-state index < -0.39 is 5.54 Å². The number of aryl methyl sites for hydroxylation is 2. The van der Waals surface area contributed by atoms with Crippen LogP contribution in [0.2, 0.25) is 0 Å². The van der Waals surface area contributed by atoms with E-state index in [1.54, 1.807) is 18.7 Å². The topological polar surface area (TPSA) is 102 Å². The van der Waals surface area contributed by atoms with Gasteiger partial charge in [-0.05, 0) is 53.8 Å². The van der Waals surface area contributed by atoms with Crippen LogP contribution in [0.25, 0.3) is 33.8 Å². The highest BCUT2D eigenvalue weighted by Gasteiger charge is 2.46. The molecule has 9 heteroatoms. The van der Waals surface area contributed by atoms with Crippen molar-refractivity contribution in [1.29, 1.82) is 0 Å². The molecule has 0 saturated carbocycles. The molecule has 1 aromatic carbocycles. The monoisotopic (exact) mass is 456 g/mol. The van der Waals surface area contributed by atoms with E-state index in [4.69, 9.17) is 4.98 Å². The van der Waals surface area contributed by atoms with Gasteiger partial charge in [0.1, 0.15) is 34.7 Å². The normalized spacial score (nSPS) is 17.6. The molecular formula is C25H28N8O. The molecule has 0 spiro atoms. The van der Waals surface area contributed by atoms with Crippen molar-refractivity contribution in [3.63, 3.8) is 0 Å². The van der Waals surface area contributed by atoms with Crippen molar-refractivity contribution in [2.75, 3.05) is 12.4 Å². The standard InChI is InChI=1S/C25H28N8O/c1-7-33-22(17-11-26-15(4)27-12-17)31-21-20(28-13-29-23(21)33)16-8-9-19-18(10-16)25(5,24(34)30-19)32(6)14(2)3/h8-14H,7H2,1-6H3,(H,30,34)/t25-/m1/s1. The summed E-state index contributed by atoms with van der Waals surface area (Å²) < 4.78 is 2.05. The number of anilines is 1. The third-order valence-corrected chi connectivity index (χ3v) is 6.88. The summed E-state index contributed by atoms with van der Waals surface area (Å²) in [4.78, 5) is 37.9. The molecular weight excluding hydrogens is 428 g/mol. The molecule has 9 nitrogen and oxygen atoms in total. The Morgan fingerprint density at radius 2 is 1.85 bits per heavy atom. The van der Waals surface area contributed by atoms with E-state index in [0.29, 0.717) is 17.9 Å². The van der Waals surface area contributed by atoms with Crippen LogP contribution in [0.15, 0.2) is 36.9 Å². The number of aromatic nitrogens is 6. The van der Waals surface area contributed by atoms with Gasteiger partial charge in [0.15, 0.2) is 5.65 Å². The fraction of sp³-hybridized carbons (Fsp3) is 0.360. The number of rotatable bonds is 5. The minimum Gasteiger partial charge on any atom is -0.324 e. The molecule has 34 heavy (non-hydrogen) atoms. The summed E-state index contributed by atoms with van der Waals surface area (Å²) in [6.07, 6.45) is 5.13. The Morgan fingerprint density at radius 3 is 2.53 bits per heavy atom. The molecule has 1 aliphatic heterocycles. The van der Waals surface area contributed by atoms with Gasteiger partial charge in [0.05, 0.1) is 5.56 Å². The molecule has 0 saturated heterocycles. The summed E-state index contributed by atoms with van der Waals surface area (Å²) in [5.74, 6) is 1.43. The fourth-order valence-electron chi connectivity index (χ4n) is 4.61. The van der Waals surface area contributed by atoms with Crippen LogP contribution in [0.3, 0.4) is 0 Å². The number of nitrogens with one attached hydrogen (secondary N) is 1. The molecule has 1 atom stereocenters. The predicted molar refractivity (Wildman–Crippen MR) is 131 cm³/mol. The summed E-state index contributed by atoms with van der Waals surface area (Å²) in [6.45, 7) is 10.7. The van der Waals surface area contributed by atoms with Crippen LogP contribution >= 0.6 is 0 Å². The number of likely N-dealkylation sites (N-methyl/N-ethyl adjacent to an activating group) is 1. The van der Waals surface area contributed by atoms with Gasteiger partial charge in [-0.15, -0.1) is 0 Å². The zero-order valence-corrected chi connectivity index (χ0v) is 20.3. The van der Waals surface area contributed by atoms with E-state index in [2.05, 4.69) is 50.9 Å². The van der Waals surface area contributed by atoms with Gasteiger partial charge in [0.25, 0.3) is 0 Å². The third-order valence-electron chi connectivity index (χ3n) is 6.88. The maximum Gasteiger partial charge on any atom is 0.249 e. The Balaban J connectivity index is 1.69. The van der Waals surface area contributed by atoms with E-state index in [1.807, 2.05) is 43.7 Å². The Hall–Kier alpha value is -3.72. The maximum atomic E-state index is 13.0. The summed E-state index contributed by atoms with van der Waals surface area (Å²) in [7, 11) is 1.98. The number of imidazole rings is 1. The third kappa shape index (κ3) is 3.19. The second kappa shape index (κ2) is 7.95. The molecule has 5 rings (SSSR count). The maximum absolute atomic E-state index is 13.0. The highest BCUT2D eigenvalue weighted by atomic mass is 16.2. The Bertz CT molecular complexity index is 1410. The first-order chi connectivity index (χ1) is 16.3. The molecule has 0 aliphatic carbocycles. The quantitative estimate of drug-likeness (QED) is 0.487. The Morgan fingerprint density at radius 1 is 1.12 bits per heavy atom. The first kappa shape index (κ1) is 22.1. The molecule has 0 unspecified atom stereocenters. The molecule has 0 bridgehead atoms. The van der Waals surface area contributed by atoms with Crippen molar-refractivity contribution in [3.05, 3.63) is 48.3 Å². The van der Waals surface area contributed by atoms with E-state index >= 15 is 0 Å². The number of amides is 1. The van der Waals surface area contributed by atoms with Crippen molar-refractivity contribution in [1.82, 2.24) is 34.4 Å². The van der Waals surface area contributed by atoms with Gasteiger partial charge >= 0.3 is 0 Å². The zero-order chi connectivity index (χ0) is 24.2. The molecule has 174 valence electrons. The number of hydrogen-bond acceptors (Lipinski definition) is 7. The summed E-state index contributed by atoms with van der Waals surface area (Å²) >= 11 is 0. The SMILES string of the molecule is CCn1c(-c2cnc(C)nc2)nc2c(-c3ccc4c(c3)[C@@](C)(N(C)C(C)C)C(=O)N4)ncnc21. The number of fused-ring (bicyclic) bond motifs is 2. The summed E-state index contributed by atoms with van der Waals surface area (Å²) in [5.41, 5.74) is 4.87. The summed E-state index contributed by atoms with van der Waals surface area (Å²) in [5, 5.41) is 3.04. The minimum atomic E-state index is -0.779. The smallest absolute Gasteiger partial charge is 0.249 e. The van der Waals surface area contributed by atoms with Crippen molar-refractivity contribution < 1.29 is 4.79 Å². The lowest BCUT2D eigenvalue weighted by Crippen LogP contribution is -2.49.